The van der Waals surface area contributed by atoms with Gasteiger partial charge >= 0.3 is 5.97 Å². The van der Waals surface area contributed by atoms with Crippen LogP contribution in [0.3, 0.4) is 0 Å². The van der Waals surface area contributed by atoms with Crippen LogP contribution >= 0.6 is 34.9 Å². The number of β-lactam (4-membered cyclic amide) rings is 1. The van der Waals surface area contributed by atoms with Crippen LogP contribution in [0.2, 0.25) is 0 Å². The fraction of sp³-hybridized carbons (Fsp3) is 0.467. The first-order chi connectivity index (χ1) is 14.5. The van der Waals surface area contributed by atoms with Crippen LogP contribution in [0.15, 0.2) is 21.9 Å². The molecule has 1 fully saturated rings. The maximum atomic E-state index is 12.8. The van der Waals surface area contributed by atoms with Crippen LogP contribution in [0.5, 0.6) is 0 Å². The number of amides is 2. The van der Waals surface area contributed by atoms with Gasteiger partial charge in [-0.05, 0) is 22.9 Å². The van der Waals surface area contributed by atoms with Crippen molar-refractivity contribution in [2.75, 3.05) is 18.6 Å². The lowest BCUT2D eigenvalue weighted by Crippen LogP contribution is -2.70. The number of tetrazole rings is 1. The minimum absolute atomic E-state index is 0.100. The number of hydrogen-bond donors (Lipinski definition) is 1. The van der Waals surface area contributed by atoms with Gasteiger partial charge in [-0.2, -0.15) is 0 Å². The molecule has 2 aromatic rings. The number of aryl methyl sites for hydroxylation is 1. The predicted octanol–water partition coefficient (Wildman–Crippen LogP) is -0.548. The van der Waals surface area contributed by atoms with Crippen molar-refractivity contribution in [3.63, 3.8) is 0 Å². The van der Waals surface area contributed by atoms with E-state index in [0.29, 0.717) is 11.5 Å². The van der Waals surface area contributed by atoms with E-state index in [-0.39, 0.29) is 23.5 Å². The Kier molecular flexibility index (Phi) is 6.01. The second-order valence-corrected chi connectivity index (χ2v) is 9.79. The fourth-order valence-electron chi connectivity index (χ4n) is 2.98. The molecule has 4 heterocycles. The van der Waals surface area contributed by atoms with Crippen LogP contribution < -0.4 is 5.32 Å². The van der Waals surface area contributed by atoms with E-state index in [1.165, 1.54) is 57.9 Å². The molecule has 0 spiro atoms. The maximum Gasteiger partial charge on any atom is 0.354 e. The number of rotatable bonds is 7. The Morgan fingerprint density at radius 2 is 2.23 bits per heavy atom. The summed E-state index contributed by atoms with van der Waals surface area (Å²) in [5.41, 5.74) is 1.03. The molecule has 158 valence electrons. The molecule has 15 heteroatoms. The van der Waals surface area contributed by atoms with Crippen LogP contribution in [0, 0.1) is 6.92 Å². The molecular formula is C15H16N8O4S3. The molecule has 2 aliphatic rings. The molecule has 12 nitrogen and oxygen atoms in total. The minimum atomic E-state index is -0.723. The first-order valence-electron chi connectivity index (χ1n) is 8.66. The molecule has 2 aromatic heterocycles. The van der Waals surface area contributed by atoms with E-state index >= 15 is 0 Å². The predicted molar refractivity (Wildman–Crippen MR) is 107 cm³/mol. The van der Waals surface area contributed by atoms with Crippen LogP contribution in [0.25, 0.3) is 0 Å². The summed E-state index contributed by atoms with van der Waals surface area (Å²) in [4.78, 5) is 38.8. The molecule has 2 amide bonds. The van der Waals surface area contributed by atoms with Crippen molar-refractivity contribution in [1.29, 1.82) is 0 Å². The number of hydrogen-bond acceptors (Lipinski definition) is 12. The zero-order valence-corrected chi connectivity index (χ0v) is 18.3. The van der Waals surface area contributed by atoms with Crippen molar-refractivity contribution >= 4 is 52.6 Å². The van der Waals surface area contributed by atoms with Crippen LogP contribution in [-0.4, -0.2) is 83.1 Å². The van der Waals surface area contributed by atoms with Crippen LogP contribution in [0.1, 0.15) is 5.01 Å². The summed E-state index contributed by atoms with van der Waals surface area (Å²) in [6, 6.07) is -0.723. The van der Waals surface area contributed by atoms with Crippen LogP contribution in [0.4, 0.5) is 0 Å². The molecule has 1 saturated heterocycles. The van der Waals surface area contributed by atoms with Gasteiger partial charge in [0.15, 0.2) is 4.34 Å². The molecule has 0 aliphatic carbocycles. The number of methoxy groups -OCH3 is 1. The summed E-state index contributed by atoms with van der Waals surface area (Å²) >= 11 is 4.41. The van der Waals surface area contributed by atoms with E-state index in [1.807, 2.05) is 6.92 Å². The van der Waals surface area contributed by atoms with Gasteiger partial charge in [0.2, 0.25) is 5.91 Å². The zero-order chi connectivity index (χ0) is 21.3. The van der Waals surface area contributed by atoms with Crippen molar-refractivity contribution in [3.05, 3.63) is 22.6 Å². The van der Waals surface area contributed by atoms with Crippen molar-refractivity contribution < 1.29 is 19.1 Å². The number of thioether (sulfide) groups is 2. The summed E-state index contributed by atoms with van der Waals surface area (Å²) in [5, 5.41) is 21.8. The van der Waals surface area contributed by atoms with Gasteiger partial charge < -0.3 is 10.1 Å². The first-order valence-corrected chi connectivity index (χ1v) is 11.5. The van der Waals surface area contributed by atoms with Gasteiger partial charge in [-0.15, -0.1) is 27.1 Å². The van der Waals surface area contributed by atoms with Crippen molar-refractivity contribution in [3.8, 4) is 0 Å². The maximum absolute atomic E-state index is 12.8. The number of nitrogens with zero attached hydrogens (tertiary/aromatic N) is 7. The van der Waals surface area contributed by atoms with E-state index in [9.17, 15) is 14.4 Å². The molecule has 30 heavy (non-hydrogen) atoms. The summed E-state index contributed by atoms with van der Waals surface area (Å²) in [7, 11) is 1.28. The Morgan fingerprint density at radius 3 is 2.90 bits per heavy atom. The monoisotopic (exact) mass is 468 g/mol. The summed E-state index contributed by atoms with van der Waals surface area (Å²) in [6.45, 7) is 1.77. The number of esters is 1. The number of fused-ring (bicyclic) bond motifs is 1. The summed E-state index contributed by atoms with van der Waals surface area (Å²) in [5.74, 6) is -0.303. The van der Waals surface area contributed by atoms with Gasteiger partial charge in [-0.1, -0.05) is 23.1 Å². The number of ether oxygens (including phenoxy) is 1. The molecule has 0 saturated carbocycles. The molecule has 0 unspecified atom stereocenters. The second-order valence-electron chi connectivity index (χ2n) is 6.28. The molecule has 0 bridgehead atoms. The SMILES string of the molecule is COC(=O)C1=C(CSc2nnc(C)s2)CS[C@@H]2[C@H](NC(=O)Cn3cnnn3)C(=O)N12. The molecule has 0 aromatic carbocycles. The lowest BCUT2D eigenvalue weighted by Gasteiger charge is -2.49. The number of carbonyl (C=O) groups is 3. The largest absolute Gasteiger partial charge is 0.464 e. The van der Waals surface area contributed by atoms with Crippen LogP contribution in [-0.2, 0) is 25.7 Å². The van der Waals surface area contributed by atoms with Gasteiger partial charge in [0, 0.05) is 11.5 Å². The number of aromatic nitrogens is 6. The highest BCUT2D eigenvalue weighted by atomic mass is 32.2. The average Bonchev–Trinajstić information content (AvgIpc) is 3.40. The molecule has 1 N–H and O–H groups in total. The first kappa shape index (κ1) is 20.7. The Bertz CT molecular complexity index is 1010. The highest BCUT2D eigenvalue weighted by Crippen LogP contribution is 2.42. The molecular weight excluding hydrogens is 452 g/mol. The third-order valence-corrected chi connectivity index (χ3v) is 7.71. The van der Waals surface area contributed by atoms with Crippen molar-refractivity contribution in [2.24, 2.45) is 0 Å². The van der Waals surface area contributed by atoms with E-state index in [0.717, 1.165) is 14.9 Å². The number of carbonyl (C=O) groups excluding carboxylic acids is 3. The lowest BCUT2D eigenvalue weighted by molar-refractivity contribution is -0.151. The minimum Gasteiger partial charge on any atom is -0.464 e. The summed E-state index contributed by atoms with van der Waals surface area (Å²) < 4.78 is 6.97. The molecule has 4 rings (SSSR count). The van der Waals surface area contributed by atoms with E-state index in [4.69, 9.17) is 4.74 Å². The van der Waals surface area contributed by atoms with E-state index in [2.05, 4.69) is 31.0 Å². The topological polar surface area (TPSA) is 145 Å². The van der Waals surface area contributed by atoms with E-state index in [1.54, 1.807) is 0 Å². The molecule has 2 atom stereocenters. The van der Waals surface area contributed by atoms with Gasteiger partial charge in [0.25, 0.3) is 5.91 Å². The molecule has 0 radical (unpaired) electrons. The third kappa shape index (κ3) is 4.04. The zero-order valence-electron chi connectivity index (χ0n) is 15.8. The highest BCUT2D eigenvalue weighted by Gasteiger charge is 2.54. The quantitative estimate of drug-likeness (QED) is 0.317. The normalized spacial score (nSPS) is 20.6. The Labute approximate surface area is 182 Å². The standard InChI is InChI=1S/C15H16N8O4S3/c1-7-18-19-15(30-7)29-5-8-4-28-13-10(12(25)23(13)11(8)14(26)27-2)17-9(24)3-22-6-16-20-21-22/h6,10,13H,3-5H2,1-2H3,(H,17,24)/t10-,13-/m1/s1. The smallest absolute Gasteiger partial charge is 0.354 e. The van der Waals surface area contributed by atoms with Gasteiger partial charge in [0.05, 0.1) is 7.11 Å². The lowest BCUT2D eigenvalue weighted by atomic mass is 10.0. The van der Waals surface area contributed by atoms with Crippen molar-refractivity contribution in [2.45, 2.75) is 29.2 Å². The van der Waals surface area contributed by atoms with E-state index < -0.39 is 17.9 Å². The Hall–Kier alpha value is -2.52. The average molecular weight is 469 g/mol. The number of nitrogens with one attached hydrogen (secondary N) is 1. The Morgan fingerprint density at radius 1 is 1.40 bits per heavy atom. The molecule has 2 aliphatic heterocycles. The van der Waals surface area contributed by atoms with Gasteiger partial charge in [-0.25, -0.2) is 9.48 Å². The Balaban J connectivity index is 1.46. The third-order valence-electron chi connectivity index (χ3n) is 4.32. The summed E-state index contributed by atoms with van der Waals surface area (Å²) in [6.07, 6.45) is 1.31. The van der Waals surface area contributed by atoms with Gasteiger partial charge in [0.1, 0.15) is 35.0 Å². The second kappa shape index (κ2) is 8.69. The highest BCUT2D eigenvalue weighted by molar-refractivity contribution is 8.01. The fourth-order valence-corrected chi connectivity index (χ4v) is 6.28. The van der Waals surface area contributed by atoms with Gasteiger partial charge in [-0.3, -0.25) is 14.5 Å². The van der Waals surface area contributed by atoms with Crippen molar-refractivity contribution in [1.82, 2.24) is 40.6 Å².